The Bertz CT molecular complexity index is 1950. The van der Waals surface area contributed by atoms with Gasteiger partial charge in [-0.15, -0.1) is 0 Å². The summed E-state index contributed by atoms with van der Waals surface area (Å²) in [5.74, 6) is 0.0538. The molecule has 77 heavy (non-hydrogen) atoms. The number of carbonyl (C=O) groups is 6. The third kappa shape index (κ3) is 24.7. The summed E-state index contributed by atoms with van der Waals surface area (Å²) >= 11 is 0. The standard InChI is InChI=1S/C63H96O14/c1-4-7-19-31-50-46(37-40-53(50)64)28-22-13-10-16-25-34-57(67)73-43-49(76-59(69)36-27-18-12-15-24-30-48-39-42-55(66)52(48)33-21-9-6-3)44-75-63-62(72)61(71)60(70)56(77-63)45-74-58(68)35-26-17-11-14-23-29-47-38-41-54(65)51(47)32-20-8-5-2/h7-9,19-21,37-42,46-52,56,60-63,70-72H,4-6,10-18,22-36,43-45H2,1-3H3/b19-7-,20-8-,21-9-/t46-,47-,48-,49+,50-,51-,52-,56+,60-,61-,62+,63+/m0/s1. The minimum atomic E-state index is -1.70. The maximum atomic E-state index is 13.2. The molecule has 432 valence electrons. The smallest absolute Gasteiger partial charge is 0.306 e. The van der Waals surface area contributed by atoms with Crippen LogP contribution in [0.15, 0.2) is 72.9 Å². The highest BCUT2D eigenvalue weighted by atomic mass is 16.7. The number of carbonyl (C=O) groups excluding carboxylic acids is 6. The molecule has 1 heterocycles. The normalized spacial score (nSPS) is 26.6. The Hall–Kier alpha value is -4.34. The molecule has 1 saturated heterocycles. The zero-order valence-corrected chi connectivity index (χ0v) is 46.9. The highest BCUT2D eigenvalue weighted by Crippen LogP contribution is 2.33. The predicted octanol–water partition coefficient (Wildman–Crippen LogP) is 11.2. The summed E-state index contributed by atoms with van der Waals surface area (Å²) in [6, 6.07) is 0. The number of rotatable bonds is 41. The Morgan fingerprint density at radius 2 is 0.883 bits per heavy atom. The first kappa shape index (κ1) is 65.2. The quantitative estimate of drug-likeness (QED) is 0.0225. The van der Waals surface area contributed by atoms with Crippen molar-refractivity contribution in [2.24, 2.45) is 35.5 Å². The van der Waals surface area contributed by atoms with Crippen LogP contribution in [0.25, 0.3) is 0 Å². The lowest BCUT2D eigenvalue weighted by Crippen LogP contribution is -2.59. The molecule has 14 heteroatoms. The van der Waals surface area contributed by atoms with Crippen LogP contribution >= 0.6 is 0 Å². The monoisotopic (exact) mass is 1080 g/mol. The summed E-state index contributed by atoms with van der Waals surface area (Å²) in [6.07, 6.45) is 36.6. The number of ether oxygens (including phenoxy) is 5. The van der Waals surface area contributed by atoms with Crippen LogP contribution in [-0.2, 0) is 52.5 Å². The van der Waals surface area contributed by atoms with E-state index in [1.807, 2.05) is 18.2 Å². The molecule has 0 spiro atoms. The van der Waals surface area contributed by atoms with E-state index in [9.17, 15) is 44.1 Å². The Labute approximate surface area is 460 Å². The van der Waals surface area contributed by atoms with E-state index in [4.69, 9.17) is 23.7 Å². The molecule has 3 aliphatic carbocycles. The van der Waals surface area contributed by atoms with Crippen molar-refractivity contribution in [3.8, 4) is 0 Å². The molecule has 1 aliphatic heterocycles. The van der Waals surface area contributed by atoms with Crippen LogP contribution in [0.2, 0.25) is 0 Å². The van der Waals surface area contributed by atoms with Gasteiger partial charge < -0.3 is 39.0 Å². The van der Waals surface area contributed by atoms with Gasteiger partial charge in [-0.25, -0.2) is 0 Å². The van der Waals surface area contributed by atoms with Gasteiger partial charge >= 0.3 is 17.9 Å². The molecule has 1 fully saturated rings. The fraction of sp³-hybridized carbons (Fsp3) is 0.714. The van der Waals surface area contributed by atoms with E-state index in [1.54, 1.807) is 18.2 Å². The van der Waals surface area contributed by atoms with E-state index in [0.29, 0.717) is 19.3 Å². The van der Waals surface area contributed by atoms with E-state index < -0.39 is 61.3 Å². The van der Waals surface area contributed by atoms with Gasteiger partial charge in [0, 0.05) is 37.0 Å². The zero-order valence-electron chi connectivity index (χ0n) is 46.9. The summed E-state index contributed by atoms with van der Waals surface area (Å²) in [4.78, 5) is 75.8. The highest BCUT2D eigenvalue weighted by molar-refractivity contribution is 5.95. The summed E-state index contributed by atoms with van der Waals surface area (Å²) in [5, 5.41) is 32.4. The lowest BCUT2D eigenvalue weighted by molar-refractivity contribution is -0.305. The zero-order chi connectivity index (χ0) is 55.6. The third-order valence-corrected chi connectivity index (χ3v) is 15.6. The minimum absolute atomic E-state index is 0.0236. The molecule has 0 aromatic carbocycles. The van der Waals surface area contributed by atoms with Crippen molar-refractivity contribution in [3.05, 3.63) is 72.9 Å². The number of ketones is 3. The van der Waals surface area contributed by atoms with Crippen molar-refractivity contribution in [2.45, 2.75) is 231 Å². The van der Waals surface area contributed by atoms with Crippen molar-refractivity contribution in [1.29, 1.82) is 0 Å². The van der Waals surface area contributed by atoms with E-state index in [0.717, 1.165) is 135 Å². The van der Waals surface area contributed by atoms with Gasteiger partial charge in [-0.05, 0) is 113 Å². The molecule has 14 nitrogen and oxygen atoms in total. The molecule has 4 rings (SSSR count). The first-order chi connectivity index (χ1) is 37.4. The minimum Gasteiger partial charge on any atom is -0.463 e. The molecule has 0 unspecified atom stereocenters. The van der Waals surface area contributed by atoms with Crippen LogP contribution in [0.5, 0.6) is 0 Å². The van der Waals surface area contributed by atoms with E-state index in [-0.39, 0.29) is 85.3 Å². The molecule has 12 atom stereocenters. The number of esters is 3. The Kier molecular flexibility index (Phi) is 32.4. The molecule has 0 saturated carbocycles. The van der Waals surface area contributed by atoms with Gasteiger partial charge in [-0.1, -0.05) is 153 Å². The largest absolute Gasteiger partial charge is 0.463 e. The Balaban J connectivity index is 1.18. The molecular formula is C63H96O14. The van der Waals surface area contributed by atoms with E-state index >= 15 is 0 Å². The van der Waals surface area contributed by atoms with E-state index in [1.165, 1.54) is 0 Å². The first-order valence-corrected chi connectivity index (χ1v) is 29.8. The topological polar surface area (TPSA) is 209 Å². The van der Waals surface area contributed by atoms with Crippen molar-refractivity contribution in [2.75, 3.05) is 19.8 Å². The van der Waals surface area contributed by atoms with Gasteiger partial charge in [-0.3, -0.25) is 28.8 Å². The molecule has 4 aliphatic rings. The maximum Gasteiger partial charge on any atom is 0.306 e. The number of allylic oxidation sites excluding steroid dienone is 12. The van der Waals surface area contributed by atoms with Crippen molar-refractivity contribution >= 4 is 35.3 Å². The number of aliphatic hydroxyl groups excluding tert-OH is 3. The molecular weight excluding hydrogens is 981 g/mol. The van der Waals surface area contributed by atoms with Crippen molar-refractivity contribution in [1.82, 2.24) is 0 Å². The van der Waals surface area contributed by atoms with Gasteiger partial charge in [0.05, 0.1) is 6.61 Å². The average molecular weight is 1080 g/mol. The van der Waals surface area contributed by atoms with Crippen LogP contribution in [0.1, 0.15) is 194 Å². The molecule has 0 bridgehead atoms. The second-order valence-electron chi connectivity index (χ2n) is 21.7. The van der Waals surface area contributed by atoms with Crippen LogP contribution < -0.4 is 0 Å². The summed E-state index contributed by atoms with van der Waals surface area (Å²) in [6.45, 7) is 5.16. The second-order valence-corrected chi connectivity index (χ2v) is 21.7. The van der Waals surface area contributed by atoms with Crippen LogP contribution in [-0.4, -0.2) is 107 Å². The van der Waals surface area contributed by atoms with Gasteiger partial charge in [0.2, 0.25) is 0 Å². The van der Waals surface area contributed by atoms with Crippen molar-refractivity contribution in [3.63, 3.8) is 0 Å². The molecule has 0 radical (unpaired) electrons. The molecule has 0 aromatic rings. The first-order valence-electron chi connectivity index (χ1n) is 29.8. The van der Waals surface area contributed by atoms with Crippen LogP contribution in [0.3, 0.4) is 0 Å². The number of unbranched alkanes of at least 4 members (excludes halogenated alkanes) is 12. The summed E-state index contributed by atoms with van der Waals surface area (Å²) in [5.41, 5.74) is 0. The Morgan fingerprint density at radius 1 is 0.494 bits per heavy atom. The fourth-order valence-electron chi connectivity index (χ4n) is 10.9. The molecule has 0 aromatic heterocycles. The SMILES string of the molecule is CC/C=C\C[C@@H]1C(=O)C=C[C@@H]1CCCCCCCC(=O)OC[C@H](CO[C@@H]1O[C@H](COC(=O)CCCCCCC[C@H]2C=CC(=O)[C@H]2C/C=C\CC)[C@H](O)[C@H](O)[C@H]1O)OC(=O)CCCCCCC[C@H]1C=CC(=O)[C@H]1C/C=C\CC. The fourth-order valence-corrected chi connectivity index (χ4v) is 10.9. The second kappa shape index (κ2) is 38.3. The number of hydrogen-bond donors (Lipinski definition) is 3. The molecule has 3 N–H and O–H groups in total. The van der Waals surface area contributed by atoms with Crippen LogP contribution in [0.4, 0.5) is 0 Å². The Morgan fingerprint density at radius 3 is 1.31 bits per heavy atom. The number of hydrogen-bond acceptors (Lipinski definition) is 14. The molecule has 0 amide bonds. The van der Waals surface area contributed by atoms with Gasteiger partial charge in [-0.2, -0.15) is 0 Å². The lowest BCUT2D eigenvalue weighted by atomic mass is 9.87. The number of aliphatic hydroxyl groups is 3. The van der Waals surface area contributed by atoms with Gasteiger partial charge in [0.25, 0.3) is 0 Å². The lowest BCUT2D eigenvalue weighted by Gasteiger charge is -2.40. The average Bonchev–Trinajstić information content (AvgIpc) is 4.08. The summed E-state index contributed by atoms with van der Waals surface area (Å²) in [7, 11) is 0. The predicted molar refractivity (Wildman–Crippen MR) is 297 cm³/mol. The van der Waals surface area contributed by atoms with Crippen molar-refractivity contribution < 1.29 is 67.8 Å². The maximum absolute atomic E-state index is 13.2. The summed E-state index contributed by atoms with van der Waals surface area (Å²) < 4.78 is 28.4. The third-order valence-electron chi connectivity index (χ3n) is 15.6. The van der Waals surface area contributed by atoms with Gasteiger partial charge in [0.15, 0.2) is 29.7 Å². The highest BCUT2D eigenvalue weighted by Gasteiger charge is 2.45. The van der Waals surface area contributed by atoms with Gasteiger partial charge in [0.1, 0.15) is 37.6 Å². The van der Waals surface area contributed by atoms with Crippen LogP contribution in [0, 0.1) is 35.5 Å². The van der Waals surface area contributed by atoms with E-state index in [2.05, 4.69) is 57.2 Å².